The summed E-state index contributed by atoms with van der Waals surface area (Å²) < 4.78 is 0. The van der Waals surface area contributed by atoms with Gasteiger partial charge in [-0.15, -0.1) is 0 Å². The van der Waals surface area contributed by atoms with Crippen molar-refractivity contribution in [2.45, 2.75) is 25.3 Å². The number of nitrogens with zero attached hydrogens (tertiary/aromatic N) is 3. The highest BCUT2D eigenvalue weighted by Crippen LogP contribution is 2.34. The van der Waals surface area contributed by atoms with Crippen LogP contribution >= 0.6 is 0 Å². The van der Waals surface area contributed by atoms with Gasteiger partial charge in [-0.05, 0) is 31.9 Å². The molecule has 0 bridgehead atoms. The van der Waals surface area contributed by atoms with Crippen LogP contribution in [0, 0.1) is 16.0 Å². The molecule has 1 aliphatic carbocycles. The van der Waals surface area contributed by atoms with Crippen LogP contribution < -0.4 is 5.32 Å². The number of nitro benzene ring substituents is 1. The smallest absolute Gasteiger partial charge is 0.270 e. The summed E-state index contributed by atoms with van der Waals surface area (Å²) in [4.78, 5) is 19.0. The van der Waals surface area contributed by atoms with Crippen molar-refractivity contribution in [3.05, 3.63) is 40.3 Å². The molecule has 0 amide bonds. The molecule has 1 unspecified atom stereocenters. The summed E-state index contributed by atoms with van der Waals surface area (Å²) in [6.45, 7) is 0. The Kier molecular flexibility index (Phi) is 3.31. The molecular weight excluding hydrogens is 256 g/mol. The van der Waals surface area contributed by atoms with Crippen LogP contribution in [0.1, 0.15) is 18.5 Å². The van der Waals surface area contributed by atoms with E-state index in [-0.39, 0.29) is 10.6 Å². The van der Waals surface area contributed by atoms with Crippen LogP contribution in [-0.2, 0) is 6.42 Å². The fourth-order valence-electron chi connectivity index (χ4n) is 2.59. The summed E-state index contributed by atoms with van der Waals surface area (Å²) >= 11 is 0. The molecule has 1 atom stereocenters. The Bertz CT molecular complexity index is 655. The van der Waals surface area contributed by atoms with Gasteiger partial charge in [0.15, 0.2) is 0 Å². The first-order valence-electron chi connectivity index (χ1n) is 6.74. The molecule has 0 saturated heterocycles. The molecule has 0 radical (unpaired) electrons. The molecule has 6 nitrogen and oxygen atoms in total. The summed E-state index contributed by atoms with van der Waals surface area (Å²) in [7, 11) is 1.95. The Morgan fingerprint density at radius 3 is 2.90 bits per heavy atom. The highest BCUT2D eigenvalue weighted by molar-refractivity contribution is 5.83. The summed E-state index contributed by atoms with van der Waals surface area (Å²) in [6.07, 6.45) is 4.80. The minimum atomic E-state index is -0.382. The van der Waals surface area contributed by atoms with E-state index in [9.17, 15) is 10.1 Å². The third kappa shape index (κ3) is 2.46. The second kappa shape index (κ2) is 5.13. The van der Waals surface area contributed by atoms with E-state index in [1.165, 1.54) is 25.2 Å². The van der Waals surface area contributed by atoms with Crippen molar-refractivity contribution >= 4 is 16.6 Å². The highest BCUT2D eigenvalue weighted by atomic mass is 16.6. The molecule has 1 aliphatic rings. The topological polar surface area (TPSA) is 81.0 Å². The van der Waals surface area contributed by atoms with Gasteiger partial charge in [0.05, 0.1) is 16.1 Å². The molecule has 1 fully saturated rings. The predicted molar refractivity (Wildman–Crippen MR) is 75.5 cm³/mol. The predicted octanol–water partition coefficient (Wildman–Crippen LogP) is 2.08. The molecule has 20 heavy (non-hydrogen) atoms. The van der Waals surface area contributed by atoms with E-state index in [2.05, 4.69) is 15.3 Å². The van der Waals surface area contributed by atoms with Gasteiger partial charge in [-0.1, -0.05) is 0 Å². The molecule has 6 heteroatoms. The molecule has 2 aromatic rings. The lowest BCUT2D eigenvalue weighted by Gasteiger charge is -2.15. The SMILES string of the molecule is CNC(Cc1ncnc2ccc([N+](=O)[O-])cc12)C1CC1. The molecular formula is C14H16N4O2. The minimum Gasteiger partial charge on any atom is -0.316 e. The van der Waals surface area contributed by atoms with E-state index in [1.54, 1.807) is 12.1 Å². The Balaban J connectivity index is 2.00. The largest absolute Gasteiger partial charge is 0.316 e. The lowest BCUT2D eigenvalue weighted by atomic mass is 10.0. The van der Waals surface area contributed by atoms with Crippen molar-refractivity contribution in [1.82, 2.24) is 15.3 Å². The van der Waals surface area contributed by atoms with E-state index >= 15 is 0 Å². The number of nitro groups is 1. The molecule has 1 saturated carbocycles. The summed E-state index contributed by atoms with van der Waals surface area (Å²) in [5, 5.41) is 15.0. The number of benzene rings is 1. The second-order valence-electron chi connectivity index (χ2n) is 5.22. The van der Waals surface area contributed by atoms with Gasteiger partial charge in [0.1, 0.15) is 6.33 Å². The maximum absolute atomic E-state index is 10.9. The standard InChI is InChI=1S/C14H16N4O2/c1-15-13(9-2-3-9)7-14-11-6-10(18(19)20)4-5-12(11)16-8-17-14/h4-6,8-9,13,15H,2-3,7H2,1H3. The summed E-state index contributed by atoms with van der Waals surface area (Å²) in [6, 6.07) is 5.12. The zero-order chi connectivity index (χ0) is 14.1. The van der Waals surface area contributed by atoms with Crippen molar-refractivity contribution in [2.75, 3.05) is 7.05 Å². The first kappa shape index (κ1) is 12.9. The van der Waals surface area contributed by atoms with Crippen LogP contribution in [0.5, 0.6) is 0 Å². The van der Waals surface area contributed by atoms with Crippen molar-refractivity contribution < 1.29 is 4.92 Å². The van der Waals surface area contributed by atoms with Gasteiger partial charge < -0.3 is 5.32 Å². The highest BCUT2D eigenvalue weighted by Gasteiger charge is 2.30. The van der Waals surface area contributed by atoms with Crippen LogP contribution in [0.25, 0.3) is 10.9 Å². The number of nitrogens with one attached hydrogen (secondary N) is 1. The van der Waals surface area contributed by atoms with Crippen LogP contribution in [0.3, 0.4) is 0 Å². The number of fused-ring (bicyclic) bond motifs is 1. The van der Waals surface area contributed by atoms with Gasteiger partial charge >= 0.3 is 0 Å². The molecule has 1 heterocycles. The Hall–Kier alpha value is -2.08. The zero-order valence-electron chi connectivity index (χ0n) is 11.2. The maximum Gasteiger partial charge on any atom is 0.270 e. The average molecular weight is 272 g/mol. The second-order valence-corrected chi connectivity index (χ2v) is 5.22. The van der Waals surface area contributed by atoms with Crippen molar-refractivity contribution in [2.24, 2.45) is 5.92 Å². The summed E-state index contributed by atoms with van der Waals surface area (Å²) in [5.41, 5.74) is 1.72. The molecule has 1 N–H and O–H groups in total. The average Bonchev–Trinajstić information content (AvgIpc) is 3.28. The lowest BCUT2D eigenvalue weighted by molar-refractivity contribution is -0.384. The fourth-order valence-corrected chi connectivity index (χ4v) is 2.59. The molecule has 1 aromatic heterocycles. The molecule has 3 rings (SSSR count). The maximum atomic E-state index is 10.9. The molecule has 104 valence electrons. The van der Waals surface area contributed by atoms with Gasteiger partial charge in [0, 0.05) is 30.0 Å². The number of rotatable bonds is 5. The normalized spacial score (nSPS) is 16.2. The Morgan fingerprint density at radius 2 is 2.25 bits per heavy atom. The van der Waals surface area contributed by atoms with Gasteiger partial charge in [-0.2, -0.15) is 0 Å². The Morgan fingerprint density at radius 1 is 1.45 bits per heavy atom. The van der Waals surface area contributed by atoms with Gasteiger partial charge in [-0.3, -0.25) is 10.1 Å². The Labute approximate surface area is 116 Å². The number of aromatic nitrogens is 2. The molecule has 0 aliphatic heterocycles. The first-order valence-corrected chi connectivity index (χ1v) is 6.74. The van der Waals surface area contributed by atoms with Gasteiger partial charge in [-0.25, -0.2) is 9.97 Å². The molecule has 1 aromatic carbocycles. The van der Waals surface area contributed by atoms with Crippen LogP contribution in [-0.4, -0.2) is 28.0 Å². The van der Waals surface area contributed by atoms with E-state index < -0.39 is 0 Å². The van der Waals surface area contributed by atoms with E-state index in [4.69, 9.17) is 0 Å². The van der Waals surface area contributed by atoms with Crippen LogP contribution in [0.15, 0.2) is 24.5 Å². The molecule has 0 spiro atoms. The lowest BCUT2D eigenvalue weighted by Crippen LogP contribution is -2.30. The fraction of sp³-hybridized carbons (Fsp3) is 0.429. The van der Waals surface area contributed by atoms with Gasteiger partial charge in [0.25, 0.3) is 5.69 Å². The third-order valence-electron chi connectivity index (χ3n) is 3.89. The third-order valence-corrected chi connectivity index (χ3v) is 3.89. The monoisotopic (exact) mass is 272 g/mol. The minimum absolute atomic E-state index is 0.0842. The van der Waals surface area contributed by atoms with E-state index in [1.807, 2.05) is 7.05 Å². The number of hydrogen-bond acceptors (Lipinski definition) is 5. The van der Waals surface area contributed by atoms with Crippen molar-refractivity contribution in [1.29, 1.82) is 0 Å². The van der Waals surface area contributed by atoms with E-state index in [0.717, 1.165) is 23.0 Å². The first-order chi connectivity index (χ1) is 9.69. The number of likely N-dealkylation sites (N-methyl/N-ethyl adjacent to an activating group) is 1. The number of non-ortho nitro benzene ring substituents is 1. The zero-order valence-corrected chi connectivity index (χ0v) is 11.2. The summed E-state index contributed by atoms with van der Waals surface area (Å²) in [5.74, 6) is 0.698. The van der Waals surface area contributed by atoms with Gasteiger partial charge in [0.2, 0.25) is 0 Å². The van der Waals surface area contributed by atoms with Crippen LogP contribution in [0.4, 0.5) is 5.69 Å². The quantitative estimate of drug-likeness (QED) is 0.665. The van der Waals surface area contributed by atoms with E-state index in [0.29, 0.717) is 12.0 Å². The van der Waals surface area contributed by atoms with Crippen molar-refractivity contribution in [3.8, 4) is 0 Å². The van der Waals surface area contributed by atoms with Crippen molar-refractivity contribution in [3.63, 3.8) is 0 Å². The number of hydrogen-bond donors (Lipinski definition) is 1. The van der Waals surface area contributed by atoms with Crippen LogP contribution in [0.2, 0.25) is 0 Å².